The van der Waals surface area contributed by atoms with Crippen molar-refractivity contribution in [3.8, 4) is 5.75 Å². The molecule has 0 saturated carbocycles. The Labute approximate surface area is 110 Å². The third-order valence-corrected chi connectivity index (χ3v) is 3.91. The summed E-state index contributed by atoms with van der Waals surface area (Å²) in [5.41, 5.74) is -0.445. The highest BCUT2D eigenvalue weighted by Gasteiger charge is 2.15. The van der Waals surface area contributed by atoms with Gasteiger partial charge in [0, 0.05) is 12.3 Å². The fraction of sp³-hybridized carbons (Fsp3) is 0.0833. The summed E-state index contributed by atoms with van der Waals surface area (Å²) in [6, 6.07) is 8.88. The number of aromatic hydroxyl groups is 1. The van der Waals surface area contributed by atoms with Gasteiger partial charge < -0.3 is 5.11 Å². The van der Waals surface area contributed by atoms with Crippen LogP contribution in [0.3, 0.4) is 0 Å². The molecule has 0 spiro atoms. The molecule has 7 heteroatoms. The van der Waals surface area contributed by atoms with Gasteiger partial charge in [-0.25, -0.2) is 4.83 Å². The van der Waals surface area contributed by atoms with Crippen LogP contribution in [-0.2, 0) is 10.0 Å². The summed E-state index contributed by atoms with van der Waals surface area (Å²) in [5.74, 6) is -0.488. The molecule has 0 fully saturated rings. The number of hydrogen-bond acceptors (Lipinski definition) is 4. The Bertz CT molecular complexity index is 751. The second-order valence-corrected chi connectivity index (χ2v) is 5.55. The predicted octanol–water partition coefficient (Wildman–Crippen LogP) is 0.795. The second kappa shape index (κ2) is 4.77. The van der Waals surface area contributed by atoms with E-state index in [4.69, 9.17) is 0 Å². The molecule has 0 radical (unpaired) electrons. The van der Waals surface area contributed by atoms with Crippen LogP contribution in [0.25, 0.3) is 0 Å². The lowest BCUT2D eigenvalue weighted by Gasteiger charge is -2.14. The van der Waals surface area contributed by atoms with Crippen molar-refractivity contribution >= 4 is 10.0 Å². The standard InChI is InChI=1S/C12H12N2O4S/c1-9-12(16)11(15)7-8-14(9)13-19(17,18)10-5-3-2-4-6-10/h2-8,13,16H,1H3. The molecule has 100 valence electrons. The normalized spacial score (nSPS) is 11.2. The van der Waals surface area contributed by atoms with E-state index in [1.165, 1.54) is 25.3 Å². The van der Waals surface area contributed by atoms with Crippen molar-refractivity contribution in [1.29, 1.82) is 0 Å². The number of aromatic nitrogens is 1. The van der Waals surface area contributed by atoms with E-state index in [-0.39, 0.29) is 10.6 Å². The third-order valence-electron chi connectivity index (χ3n) is 2.58. The molecular formula is C12H12N2O4S. The summed E-state index contributed by atoms with van der Waals surface area (Å²) >= 11 is 0. The number of rotatable bonds is 3. The summed E-state index contributed by atoms with van der Waals surface area (Å²) in [5, 5.41) is 9.49. The summed E-state index contributed by atoms with van der Waals surface area (Å²) in [6.07, 6.45) is 1.25. The highest BCUT2D eigenvalue weighted by Crippen LogP contribution is 2.12. The van der Waals surface area contributed by atoms with E-state index in [1.807, 2.05) is 0 Å². The zero-order valence-corrected chi connectivity index (χ0v) is 10.9. The summed E-state index contributed by atoms with van der Waals surface area (Å²) in [4.78, 5) is 13.5. The fourth-order valence-corrected chi connectivity index (χ4v) is 2.58. The van der Waals surface area contributed by atoms with E-state index in [9.17, 15) is 18.3 Å². The Kier molecular flexibility index (Phi) is 3.30. The van der Waals surface area contributed by atoms with Crippen LogP contribution in [0.5, 0.6) is 5.75 Å². The Morgan fingerprint density at radius 3 is 2.42 bits per heavy atom. The Balaban J connectivity index is 2.42. The first-order valence-corrected chi connectivity index (χ1v) is 6.89. The van der Waals surface area contributed by atoms with Gasteiger partial charge in [-0.2, -0.15) is 8.42 Å². The summed E-state index contributed by atoms with van der Waals surface area (Å²) in [7, 11) is -3.77. The molecule has 1 aromatic carbocycles. The predicted molar refractivity (Wildman–Crippen MR) is 70.1 cm³/mol. The molecule has 2 aromatic rings. The Morgan fingerprint density at radius 1 is 1.16 bits per heavy atom. The van der Waals surface area contributed by atoms with E-state index in [0.29, 0.717) is 0 Å². The van der Waals surface area contributed by atoms with E-state index < -0.39 is 21.2 Å². The maximum Gasteiger partial charge on any atom is 0.275 e. The molecule has 0 amide bonds. The Morgan fingerprint density at radius 2 is 1.79 bits per heavy atom. The van der Waals surface area contributed by atoms with Crippen molar-refractivity contribution in [3.63, 3.8) is 0 Å². The lowest BCUT2D eigenvalue weighted by molar-refractivity contribution is 0.458. The first kappa shape index (κ1) is 13.2. The van der Waals surface area contributed by atoms with Crippen molar-refractivity contribution < 1.29 is 13.5 Å². The average Bonchev–Trinajstić information content (AvgIpc) is 2.40. The van der Waals surface area contributed by atoms with Crippen LogP contribution in [0.4, 0.5) is 0 Å². The number of hydrogen-bond donors (Lipinski definition) is 2. The lowest BCUT2D eigenvalue weighted by Crippen LogP contribution is -2.26. The average molecular weight is 280 g/mol. The molecule has 6 nitrogen and oxygen atoms in total. The van der Waals surface area contributed by atoms with Crippen LogP contribution in [0.2, 0.25) is 0 Å². The van der Waals surface area contributed by atoms with Crippen molar-refractivity contribution in [2.24, 2.45) is 0 Å². The zero-order chi connectivity index (χ0) is 14.0. The van der Waals surface area contributed by atoms with Crippen molar-refractivity contribution in [2.45, 2.75) is 11.8 Å². The largest absolute Gasteiger partial charge is 0.503 e. The molecule has 0 aliphatic rings. The number of nitrogens with zero attached hydrogens (tertiary/aromatic N) is 1. The molecule has 0 atom stereocenters. The van der Waals surface area contributed by atoms with Gasteiger partial charge in [-0.05, 0) is 19.1 Å². The van der Waals surface area contributed by atoms with Crippen LogP contribution in [0.1, 0.15) is 5.69 Å². The molecule has 2 rings (SSSR count). The second-order valence-electron chi connectivity index (χ2n) is 3.89. The first-order chi connectivity index (χ1) is 8.92. The zero-order valence-electron chi connectivity index (χ0n) is 10.1. The lowest BCUT2D eigenvalue weighted by atomic mass is 10.3. The maximum absolute atomic E-state index is 12.1. The quantitative estimate of drug-likeness (QED) is 0.870. The molecule has 19 heavy (non-hydrogen) atoms. The van der Waals surface area contributed by atoms with Crippen LogP contribution >= 0.6 is 0 Å². The molecule has 1 heterocycles. The van der Waals surface area contributed by atoms with Crippen LogP contribution < -0.4 is 10.3 Å². The number of nitrogens with one attached hydrogen (secondary N) is 1. The van der Waals surface area contributed by atoms with Gasteiger partial charge in [0.15, 0.2) is 5.75 Å². The van der Waals surface area contributed by atoms with E-state index in [1.54, 1.807) is 18.2 Å². The van der Waals surface area contributed by atoms with Gasteiger partial charge in [-0.3, -0.25) is 9.47 Å². The van der Waals surface area contributed by atoms with Gasteiger partial charge in [0.25, 0.3) is 10.0 Å². The SMILES string of the molecule is Cc1c(O)c(=O)ccn1NS(=O)(=O)c1ccccc1. The molecule has 2 N–H and O–H groups in total. The van der Waals surface area contributed by atoms with E-state index >= 15 is 0 Å². The van der Waals surface area contributed by atoms with Crippen molar-refractivity contribution in [1.82, 2.24) is 4.68 Å². The highest BCUT2D eigenvalue weighted by molar-refractivity contribution is 7.92. The molecule has 0 aliphatic heterocycles. The fourth-order valence-electron chi connectivity index (χ4n) is 1.51. The summed E-state index contributed by atoms with van der Waals surface area (Å²) in [6.45, 7) is 1.43. The number of sulfonamides is 1. The van der Waals surface area contributed by atoms with Gasteiger partial charge in [0.05, 0.1) is 10.6 Å². The molecule has 0 aliphatic carbocycles. The van der Waals surface area contributed by atoms with Gasteiger partial charge in [-0.1, -0.05) is 18.2 Å². The minimum absolute atomic E-state index is 0.0904. The van der Waals surface area contributed by atoms with Crippen LogP contribution in [0.15, 0.2) is 52.3 Å². The first-order valence-electron chi connectivity index (χ1n) is 5.41. The molecule has 1 aromatic heterocycles. The molecule has 0 saturated heterocycles. The molecular weight excluding hydrogens is 268 g/mol. The monoisotopic (exact) mass is 280 g/mol. The third kappa shape index (κ3) is 2.60. The van der Waals surface area contributed by atoms with Gasteiger partial charge in [0.1, 0.15) is 0 Å². The van der Waals surface area contributed by atoms with Gasteiger partial charge in [0.2, 0.25) is 5.43 Å². The number of benzene rings is 1. The molecule has 0 unspecified atom stereocenters. The maximum atomic E-state index is 12.1. The van der Waals surface area contributed by atoms with Crippen LogP contribution in [0, 0.1) is 6.92 Å². The van der Waals surface area contributed by atoms with Gasteiger partial charge in [-0.15, -0.1) is 0 Å². The van der Waals surface area contributed by atoms with E-state index in [2.05, 4.69) is 4.83 Å². The van der Waals surface area contributed by atoms with Crippen molar-refractivity contribution in [2.75, 3.05) is 4.83 Å². The number of pyridine rings is 1. The van der Waals surface area contributed by atoms with Gasteiger partial charge >= 0.3 is 0 Å². The highest BCUT2D eigenvalue weighted by atomic mass is 32.2. The van der Waals surface area contributed by atoms with Crippen LogP contribution in [-0.4, -0.2) is 18.2 Å². The van der Waals surface area contributed by atoms with E-state index in [0.717, 1.165) is 10.7 Å². The minimum Gasteiger partial charge on any atom is -0.503 e. The Hall–Kier alpha value is -2.28. The smallest absolute Gasteiger partial charge is 0.275 e. The topological polar surface area (TPSA) is 88.4 Å². The minimum atomic E-state index is -3.77. The molecule has 0 bridgehead atoms. The summed E-state index contributed by atoms with van der Waals surface area (Å²) < 4.78 is 25.2. The van der Waals surface area contributed by atoms with Crippen molar-refractivity contribution in [3.05, 3.63) is 58.5 Å².